The van der Waals surface area contributed by atoms with Gasteiger partial charge in [0.25, 0.3) is 0 Å². The van der Waals surface area contributed by atoms with Gasteiger partial charge in [-0.05, 0) is 19.4 Å². The molecule has 1 fully saturated rings. The molecule has 1 rings (SSSR count). The van der Waals surface area contributed by atoms with Gasteiger partial charge in [0.05, 0.1) is 5.60 Å². The first-order valence-electron chi connectivity index (χ1n) is 5.89. The van der Waals surface area contributed by atoms with Crippen molar-refractivity contribution < 1.29 is 17.9 Å². The third-order valence-corrected chi connectivity index (χ3v) is 3.00. The second-order valence-corrected chi connectivity index (χ2v) is 4.43. The van der Waals surface area contributed by atoms with Crippen LogP contribution in [0.2, 0.25) is 0 Å². The molecule has 0 atom stereocenters. The number of rotatable bonds is 5. The van der Waals surface area contributed by atoms with Gasteiger partial charge in [-0.2, -0.15) is 13.2 Å². The van der Waals surface area contributed by atoms with Gasteiger partial charge in [-0.1, -0.05) is 26.2 Å². The van der Waals surface area contributed by atoms with E-state index in [0.29, 0.717) is 6.54 Å². The fourth-order valence-corrected chi connectivity index (χ4v) is 2.16. The Morgan fingerprint density at radius 2 is 1.81 bits per heavy atom. The number of hydrogen-bond donors (Lipinski definition) is 1. The average Bonchev–Trinajstić information content (AvgIpc) is 2.24. The average molecular weight is 239 g/mol. The number of nitrogens with one attached hydrogen (secondary N) is 1. The van der Waals surface area contributed by atoms with Crippen molar-refractivity contribution in [2.75, 3.05) is 19.7 Å². The van der Waals surface area contributed by atoms with Crippen LogP contribution in [0.15, 0.2) is 0 Å². The molecule has 0 saturated heterocycles. The van der Waals surface area contributed by atoms with Crippen molar-refractivity contribution in [3.05, 3.63) is 0 Å². The molecule has 5 heteroatoms. The Labute approximate surface area is 94.5 Å². The molecule has 0 aromatic heterocycles. The van der Waals surface area contributed by atoms with Gasteiger partial charge in [-0.15, -0.1) is 0 Å². The van der Waals surface area contributed by atoms with Crippen LogP contribution in [0.3, 0.4) is 0 Å². The molecular formula is C11H20F3NO. The Kier molecular flexibility index (Phi) is 5.05. The lowest BCUT2D eigenvalue weighted by molar-refractivity contribution is -0.210. The molecule has 0 unspecified atom stereocenters. The van der Waals surface area contributed by atoms with Crippen LogP contribution >= 0.6 is 0 Å². The molecule has 0 bridgehead atoms. The predicted octanol–water partition coefficient (Wildman–Crippen LogP) is 2.88. The van der Waals surface area contributed by atoms with Gasteiger partial charge >= 0.3 is 6.18 Å². The van der Waals surface area contributed by atoms with Crippen molar-refractivity contribution in [2.45, 2.75) is 50.8 Å². The van der Waals surface area contributed by atoms with Gasteiger partial charge in [0.1, 0.15) is 6.61 Å². The van der Waals surface area contributed by atoms with Gasteiger partial charge in [0.15, 0.2) is 0 Å². The SMILES string of the molecule is CCNCC1(OCC(F)(F)F)CCCCC1. The molecule has 0 aromatic carbocycles. The van der Waals surface area contributed by atoms with Crippen molar-refractivity contribution >= 4 is 0 Å². The summed E-state index contributed by atoms with van der Waals surface area (Å²) in [5.41, 5.74) is -0.593. The third-order valence-electron chi connectivity index (χ3n) is 3.00. The van der Waals surface area contributed by atoms with Crippen LogP contribution in [0.4, 0.5) is 13.2 Å². The molecule has 96 valence electrons. The fourth-order valence-electron chi connectivity index (χ4n) is 2.16. The summed E-state index contributed by atoms with van der Waals surface area (Å²) < 4.78 is 41.6. The predicted molar refractivity (Wildman–Crippen MR) is 56.4 cm³/mol. The largest absolute Gasteiger partial charge is 0.411 e. The maximum atomic E-state index is 12.2. The molecule has 0 radical (unpaired) electrons. The van der Waals surface area contributed by atoms with E-state index in [1.54, 1.807) is 0 Å². The van der Waals surface area contributed by atoms with Crippen LogP contribution in [-0.4, -0.2) is 31.5 Å². The lowest BCUT2D eigenvalue weighted by atomic mass is 9.84. The first-order chi connectivity index (χ1) is 7.47. The Morgan fingerprint density at radius 1 is 1.19 bits per heavy atom. The van der Waals surface area contributed by atoms with Crippen molar-refractivity contribution in [1.29, 1.82) is 0 Å². The van der Waals surface area contributed by atoms with Crippen molar-refractivity contribution in [3.8, 4) is 0 Å². The van der Waals surface area contributed by atoms with Gasteiger partial charge in [-0.25, -0.2) is 0 Å². The van der Waals surface area contributed by atoms with Gasteiger partial charge in [0, 0.05) is 6.54 Å². The van der Waals surface area contributed by atoms with E-state index in [0.717, 1.165) is 38.6 Å². The van der Waals surface area contributed by atoms with Crippen LogP contribution in [0.25, 0.3) is 0 Å². The summed E-state index contributed by atoms with van der Waals surface area (Å²) >= 11 is 0. The quantitative estimate of drug-likeness (QED) is 0.796. The molecule has 16 heavy (non-hydrogen) atoms. The summed E-state index contributed by atoms with van der Waals surface area (Å²) in [5, 5.41) is 3.10. The second kappa shape index (κ2) is 5.87. The third kappa shape index (κ3) is 4.70. The van der Waals surface area contributed by atoms with E-state index in [1.807, 2.05) is 6.92 Å². The lowest BCUT2D eigenvalue weighted by Crippen LogP contribution is -2.46. The number of likely N-dealkylation sites (N-methyl/N-ethyl adjacent to an activating group) is 1. The van der Waals surface area contributed by atoms with E-state index < -0.39 is 18.4 Å². The van der Waals surface area contributed by atoms with Crippen LogP contribution in [0, 0.1) is 0 Å². The maximum absolute atomic E-state index is 12.2. The molecule has 0 amide bonds. The molecule has 1 aliphatic carbocycles. The molecule has 0 aromatic rings. The van der Waals surface area contributed by atoms with Crippen LogP contribution in [0.1, 0.15) is 39.0 Å². The summed E-state index contributed by atoms with van der Waals surface area (Å²) in [6, 6.07) is 0. The second-order valence-electron chi connectivity index (χ2n) is 4.43. The van der Waals surface area contributed by atoms with E-state index in [4.69, 9.17) is 4.74 Å². The Hall–Kier alpha value is -0.290. The molecule has 1 saturated carbocycles. The van der Waals surface area contributed by atoms with Crippen LogP contribution in [-0.2, 0) is 4.74 Å². The van der Waals surface area contributed by atoms with E-state index in [2.05, 4.69) is 5.32 Å². The van der Waals surface area contributed by atoms with E-state index in [1.165, 1.54) is 0 Å². The minimum atomic E-state index is -4.23. The lowest BCUT2D eigenvalue weighted by Gasteiger charge is -2.37. The minimum Gasteiger partial charge on any atom is -0.364 e. The molecule has 0 aliphatic heterocycles. The summed E-state index contributed by atoms with van der Waals surface area (Å²) in [7, 11) is 0. The number of halogens is 3. The van der Waals surface area contributed by atoms with E-state index >= 15 is 0 Å². The summed E-state index contributed by atoms with van der Waals surface area (Å²) in [6.45, 7) is 2.11. The highest BCUT2D eigenvalue weighted by molar-refractivity contribution is 4.87. The van der Waals surface area contributed by atoms with Crippen molar-refractivity contribution in [1.82, 2.24) is 5.32 Å². The summed E-state index contributed by atoms with van der Waals surface area (Å²) in [4.78, 5) is 0. The smallest absolute Gasteiger partial charge is 0.364 e. The fraction of sp³-hybridized carbons (Fsp3) is 1.00. The highest BCUT2D eigenvalue weighted by atomic mass is 19.4. The number of alkyl halides is 3. The zero-order valence-corrected chi connectivity index (χ0v) is 9.70. The number of hydrogen-bond acceptors (Lipinski definition) is 2. The van der Waals surface area contributed by atoms with E-state index in [9.17, 15) is 13.2 Å². The number of ether oxygens (including phenoxy) is 1. The zero-order chi connectivity index (χ0) is 12.1. The summed E-state index contributed by atoms with van der Waals surface area (Å²) in [5.74, 6) is 0. The monoisotopic (exact) mass is 239 g/mol. The Bertz CT molecular complexity index is 200. The maximum Gasteiger partial charge on any atom is 0.411 e. The highest BCUT2D eigenvalue weighted by Crippen LogP contribution is 2.32. The summed E-state index contributed by atoms with van der Waals surface area (Å²) in [6.07, 6.45) is 0.262. The van der Waals surface area contributed by atoms with Crippen molar-refractivity contribution in [2.24, 2.45) is 0 Å². The molecule has 2 nitrogen and oxygen atoms in total. The standard InChI is InChI=1S/C11H20F3NO/c1-2-15-8-10(6-4-3-5-7-10)16-9-11(12,13)14/h15H,2-9H2,1H3. The topological polar surface area (TPSA) is 21.3 Å². The molecule has 1 aliphatic rings. The van der Waals surface area contributed by atoms with E-state index in [-0.39, 0.29) is 0 Å². The highest BCUT2D eigenvalue weighted by Gasteiger charge is 2.37. The van der Waals surface area contributed by atoms with Crippen LogP contribution in [0.5, 0.6) is 0 Å². The zero-order valence-electron chi connectivity index (χ0n) is 9.70. The normalized spacial score (nSPS) is 21.0. The van der Waals surface area contributed by atoms with Gasteiger partial charge in [-0.3, -0.25) is 0 Å². The molecular weight excluding hydrogens is 219 g/mol. The van der Waals surface area contributed by atoms with Gasteiger partial charge < -0.3 is 10.1 Å². The van der Waals surface area contributed by atoms with Gasteiger partial charge in [0.2, 0.25) is 0 Å². The molecule has 1 N–H and O–H groups in total. The Morgan fingerprint density at radius 3 is 2.31 bits per heavy atom. The first-order valence-corrected chi connectivity index (χ1v) is 5.89. The van der Waals surface area contributed by atoms with Crippen LogP contribution < -0.4 is 5.32 Å². The molecule has 0 spiro atoms. The first kappa shape index (κ1) is 13.8. The molecule has 0 heterocycles. The minimum absolute atomic E-state index is 0.527. The van der Waals surface area contributed by atoms with Crippen molar-refractivity contribution in [3.63, 3.8) is 0 Å². The Balaban J connectivity index is 2.48.